The van der Waals surface area contributed by atoms with E-state index in [0.717, 1.165) is 25.0 Å². The summed E-state index contributed by atoms with van der Waals surface area (Å²) < 4.78 is 1.26. The van der Waals surface area contributed by atoms with Crippen molar-refractivity contribution in [1.82, 2.24) is 14.8 Å². The molecule has 1 amide bonds. The highest BCUT2D eigenvalue weighted by molar-refractivity contribution is 7.18. The van der Waals surface area contributed by atoms with Crippen LogP contribution in [0.15, 0.2) is 24.3 Å². The molecule has 4 nitrogen and oxygen atoms in total. The zero-order chi connectivity index (χ0) is 15.7. The molecule has 0 saturated carbocycles. The fourth-order valence-electron chi connectivity index (χ4n) is 3.15. The van der Waals surface area contributed by atoms with E-state index in [4.69, 9.17) is 4.98 Å². The lowest BCUT2D eigenvalue weighted by Crippen LogP contribution is -2.48. The standard InChI is InChI=1S/C17H23N3OS/c1-12(17(21)19(2)3)20-10-6-7-13(11-20)16-18-14-8-4-5-9-15(14)22-16/h4-5,8-9,12-13H,6-7,10-11H2,1-3H3/t12-,13-/m0/s1. The Balaban J connectivity index is 1.76. The molecule has 0 spiro atoms. The number of fused-ring (bicyclic) bond motifs is 1. The third kappa shape index (κ3) is 3.01. The molecule has 0 unspecified atom stereocenters. The van der Waals surface area contributed by atoms with Crippen LogP contribution in [0, 0.1) is 0 Å². The molecule has 0 aliphatic carbocycles. The Kier molecular flexibility index (Phi) is 4.45. The second kappa shape index (κ2) is 6.34. The van der Waals surface area contributed by atoms with Gasteiger partial charge in [-0.15, -0.1) is 11.3 Å². The van der Waals surface area contributed by atoms with E-state index in [1.807, 2.05) is 27.1 Å². The molecule has 22 heavy (non-hydrogen) atoms. The molecule has 3 rings (SSSR count). The van der Waals surface area contributed by atoms with Crippen LogP contribution in [0.3, 0.4) is 0 Å². The zero-order valence-electron chi connectivity index (χ0n) is 13.5. The number of carbonyl (C=O) groups is 1. The molecule has 2 heterocycles. The summed E-state index contributed by atoms with van der Waals surface area (Å²) in [6.45, 7) is 3.95. The summed E-state index contributed by atoms with van der Waals surface area (Å²) in [6.07, 6.45) is 2.30. The smallest absolute Gasteiger partial charge is 0.239 e. The number of benzene rings is 1. The highest BCUT2D eigenvalue weighted by Crippen LogP contribution is 2.33. The van der Waals surface area contributed by atoms with Gasteiger partial charge >= 0.3 is 0 Å². The van der Waals surface area contributed by atoms with Crippen LogP contribution >= 0.6 is 11.3 Å². The topological polar surface area (TPSA) is 36.4 Å². The molecule has 1 aliphatic heterocycles. The SMILES string of the molecule is C[C@@H](C(=O)N(C)C)N1CCC[C@H](c2nc3ccccc3s2)C1. The van der Waals surface area contributed by atoms with Gasteiger partial charge < -0.3 is 4.90 Å². The van der Waals surface area contributed by atoms with Crippen molar-refractivity contribution in [3.8, 4) is 0 Å². The molecule has 1 saturated heterocycles. The highest BCUT2D eigenvalue weighted by atomic mass is 32.1. The van der Waals surface area contributed by atoms with Gasteiger partial charge in [-0.3, -0.25) is 9.69 Å². The van der Waals surface area contributed by atoms with Crippen molar-refractivity contribution in [2.75, 3.05) is 27.2 Å². The molecule has 0 N–H and O–H groups in total. The second-order valence-corrected chi connectivity index (χ2v) is 7.32. The minimum absolute atomic E-state index is 0.0489. The van der Waals surface area contributed by atoms with E-state index in [1.54, 1.807) is 16.2 Å². The molecule has 1 aliphatic rings. The molecule has 0 bridgehead atoms. The van der Waals surface area contributed by atoms with Gasteiger partial charge in [0.15, 0.2) is 0 Å². The van der Waals surface area contributed by atoms with E-state index >= 15 is 0 Å². The van der Waals surface area contributed by atoms with Crippen molar-refractivity contribution in [3.05, 3.63) is 29.3 Å². The number of para-hydroxylation sites is 1. The van der Waals surface area contributed by atoms with Crippen LogP contribution in [0.25, 0.3) is 10.2 Å². The lowest BCUT2D eigenvalue weighted by Gasteiger charge is -2.36. The van der Waals surface area contributed by atoms with Gasteiger partial charge in [0.05, 0.1) is 21.3 Å². The minimum Gasteiger partial charge on any atom is -0.347 e. The summed E-state index contributed by atoms with van der Waals surface area (Å²) in [4.78, 5) is 21.0. The molecule has 5 heteroatoms. The maximum atomic E-state index is 12.2. The lowest BCUT2D eigenvalue weighted by molar-refractivity contribution is -0.134. The van der Waals surface area contributed by atoms with E-state index < -0.39 is 0 Å². The van der Waals surface area contributed by atoms with Crippen molar-refractivity contribution in [2.24, 2.45) is 0 Å². The fourth-order valence-corrected chi connectivity index (χ4v) is 4.25. The number of likely N-dealkylation sites (N-methyl/N-ethyl adjacent to an activating group) is 1. The van der Waals surface area contributed by atoms with Gasteiger partial charge in [0.1, 0.15) is 0 Å². The molecular formula is C17H23N3OS. The largest absolute Gasteiger partial charge is 0.347 e. The Morgan fingerprint density at radius 1 is 1.41 bits per heavy atom. The third-order valence-electron chi connectivity index (χ3n) is 4.46. The van der Waals surface area contributed by atoms with Gasteiger partial charge in [-0.05, 0) is 38.4 Å². The number of rotatable bonds is 3. The van der Waals surface area contributed by atoms with E-state index in [2.05, 4.69) is 23.1 Å². The van der Waals surface area contributed by atoms with Crippen LogP contribution in [0.2, 0.25) is 0 Å². The summed E-state index contributed by atoms with van der Waals surface area (Å²) in [5.41, 5.74) is 1.09. The van der Waals surface area contributed by atoms with Gasteiger partial charge in [0.2, 0.25) is 5.91 Å². The number of hydrogen-bond donors (Lipinski definition) is 0. The molecule has 1 fully saturated rings. The number of piperidine rings is 1. The maximum Gasteiger partial charge on any atom is 0.239 e. The van der Waals surface area contributed by atoms with Crippen LogP contribution in [-0.4, -0.2) is 53.9 Å². The first-order valence-corrected chi connectivity index (χ1v) is 8.68. The van der Waals surface area contributed by atoms with Crippen LogP contribution < -0.4 is 0 Å². The first-order chi connectivity index (χ1) is 10.6. The monoisotopic (exact) mass is 317 g/mol. The Hall–Kier alpha value is -1.46. The number of amides is 1. The maximum absolute atomic E-state index is 12.2. The van der Waals surface area contributed by atoms with E-state index in [-0.39, 0.29) is 11.9 Å². The van der Waals surface area contributed by atoms with Gasteiger partial charge in [0.25, 0.3) is 0 Å². The third-order valence-corrected chi connectivity index (χ3v) is 5.66. The number of carbonyl (C=O) groups excluding carboxylic acids is 1. The number of likely N-dealkylation sites (tertiary alicyclic amines) is 1. The highest BCUT2D eigenvalue weighted by Gasteiger charge is 2.30. The summed E-state index contributed by atoms with van der Waals surface area (Å²) >= 11 is 1.80. The first-order valence-electron chi connectivity index (χ1n) is 7.87. The molecule has 118 valence electrons. The quantitative estimate of drug-likeness (QED) is 0.873. The van der Waals surface area contributed by atoms with E-state index in [9.17, 15) is 4.79 Å². The summed E-state index contributed by atoms with van der Waals surface area (Å²) in [5.74, 6) is 0.633. The van der Waals surface area contributed by atoms with Crippen molar-refractivity contribution in [2.45, 2.75) is 31.7 Å². The van der Waals surface area contributed by atoms with Crippen molar-refractivity contribution in [1.29, 1.82) is 0 Å². The number of thiazole rings is 1. The van der Waals surface area contributed by atoms with Crippen molar-refractivity contribution >= 4 is 27.5 Å². The Morgan fingerprint density at radius 2 is 2.18 bits per heavy atom. The summed E-state index contributed by atoms with van der Waals surface area (Å²) in [5, 5.41) is 1.22. The average molecular weight is 317 g/mol. The summed E-state index contributed by atoms with van der Waals surface area (Å²) in [6, 6.07) is 8.27. The Bertz CT molecular complexity index is 634. The second-order valence-electron chi connectivity index (χ2n) is 6.26. The zero-order valence-corrected chi connectivity index (χ0v) is 14.3. The van der Waals surface area contributed by atoms with Crippen LogP contribution in [0.5, 0.6) is 0 Å². The normalized spacial score (nSPS) is 21.0. The molecule has 0 radical (unpaired) electrons. The predicted molar refractivity (Wildman–Crippen MR) is 91.3 cm³/mol. The predicted octanol–water partition coefficient (Wildman–Crippen LogP) is 2.95. The van der Waals surface area contributed by atoms with Gasteiger partial charge in [-0.25, -0.2) is 4.98 Å². The van der Waals surface area contributed by atoms with E-state index in [1.165, 1.54) is 16.1 Å². The molecule has 1 aromatic carbocycles. The number of aromatic nitrogens is 1. The molecule has 2 atom stereocenters. The van der Waals surface area contributed by atoms with Gasteiger partial charge in [-0.1, -0.05) is 12.1 Å². The van der Waals surface area contributed by atoms with Gasteiger partial charge in [0, 0.05) is 26.6 Å². The lowest BCUT2D eigenvalue weighted by atomic mass is 9.97. The van der Waals surface area contributed by atoms with Crippen LogP contribution in [0.1, 0.15) is 30.7 Å². The van der Waals surface area contributed by atoms with Crippen molar-refractivity contribution < 1.29 is 4.79 Å². The number of hydrogen-bond acceptors (Lipinski definition) is 4. The average Bonchev–Trinajstić information content (AvgIpc) is 2.97. The fraction of sp³-hybridized carbons (Fsp3) is 0.529. The molecule has 2 aromatic rings. The molecule has 1 aromatic heterocycles. The van der Waals surface area contributed by atoms with Crippen LogP contribution in [-0.2, 0) is 4.79 Å². The molecular weight excluding hydrogens is 294 g/mol. The minimum atomic E-state index is -0.0489. The van der Waals surface area contributed by atoms with Crippen LogP contribution in [0.4, 0.5) is 0 Å². The van der Waals surface area contributed by atoms with Gasteiger partial charge in [-0.2, -0.15) is 0 Å². The Morgan fingerprint density at radius 3 is 2.91 bits per heavy atom. The van der Waals surface area contributed by atoms with E-state index in [0.29, 0.717) is 5.92 Å². The number of nitrogens with zero attached hydrogens (tertiary/aromatic N) is 3. The Labute approximate surface area is 135 Å². The summed E-state index contributed by atoms with van der Waals surface area (Å²) in [7, 11) is 3.65. The van der Waals surface area contributed by atoms with Crippen molar-refractivity contribution in [3.63, 3.8) is 0 Å². The first kappa shape index (κ1) is 15.4.